The molecule has 0 spiro atoms. The summed E-state index contributed by atoms with van der Waals surface area (Å²) < 4.78 is 0. The van der Waals surface area contributed by atoms with Crippen molar-refractivity contribution in [2.45, 2.75) is 46.6 Å². The van der Waals surface area contributed by atoms with Gasteiger partial charge in [0.25, 0.3) is 0 Å². The van der Waals surface area contributed by atoms with Crippen molar-refractivity contribution < 1.29 is 19.5 Å². The standard InChI is InChI=1S/C14H27N3O4/c1-10(2)5-7-15-14(21)16-12(18)9-17(11(3)4)8-6-13(19)20/h10-11H,5-9H2,1-4H3,(H,19,20)(H2,15,16,18,21). The van der Waals surface area contributed by atoms with Gasteiger partial charge < -0.3 is 10.4 Å². The summed E-state index contributed by atoms with van der Waals surface area (Å²) in [7, 11) is 0. The molecule has 3 amide bonds. The first-order chi connectivity index (χ1) is 9.72. The molecule has 0 aromatic rings. The second-order valence-electron chi connectivity index (χ2n) is 5.69. The summed E-state index contributed by atoms with van der Waals surface area (Å²) in [6, 6.07) is -0.485. The molecular formula is C14H27N3O4. The van der Waals surface area contributed by atoms with Crippen LogP contribution in [0.2, 0.25) is 0 Å². The lowest BCUT2D eigenvalue weighted by Gasteiger charge is -2.24. The molecule has 0 aliphatic carbocycles. The van der Waals surface area contributed by atoms with Crippen molar-refractivity contribution in [2.75, 3.05) is 19.6 Å². The summed E-state index contributed by atoms with van der Waals surface area (Å²) in [5.74, 6) is -0.864. The van der Waals surface area contributed by atoms with Crippen LogP contribution in [0.15, 0.2) is 0 Å². The summed E-state index contributed by atoms with van der Waals surface area (Å²) in [5.41, 5.74) is 0. The minimum Gasteiger partial charge on any atom is -0.481 e. The van der Waals surface area contributed by atoms with E-state index in [4.69, 9.17) is 5.11 Å². The van der Waals surface area contributed by atoms with Crippen LogP contribution in [0.4, 0.5) is 4.79 Å². The molecule has 122 valence electrons. The number of hydrogen-bond donors (Lipinski definition) is 3. The van der Waals surface area contributed by atoms with Crippen LogP contribution in [0.1, 0.15) is 40.5 Å². The van der Waals surface area contributed by atoms with Gasteiger partial charge in [0.1, 0.15) is 0 Å². The zero-order valence-electron chi connectivity index (χ0n) is 13.3. The van der Waals surface area contributed by atoms with Crippen molar-refractivity contribution in [3.8, 4) is 0 Å². The molecular weight excluding hydrogens is 274 g/mol. The molecule has 7 heteroatoms. The lowest BCUT2D eigenvalue weighted by Crippen LogP contribution is -2.46. The minimum absolute atomic E-state index is 0.00253. The monoisotopic (exact) mass is 301 g/mol. The van der Waals surface area contributed by atoms with Crippen molar-refractivity contribution in [1.29, 1.82) is 0 Å². The molecule has 0 aliphatic rings. The highest BCUT2D eigenvalue weighted by Crippen LogP contribution is 1.99. The Morgan fingerprint density at radius 3 is 2.24 bits per heavy atom. The number of carbonyl (C=O) groups excluding carboxylic acids is 2. The Hall–Kier alpha value is -1.63. The van der Waals surface area contributed by atoms with Crippen LogP contribution < -0.4 is 10.6 Å². The molecule has 0 unspecified atom stereocenters. The van der Waals surface area contributed by atoms with Gasteiger partial charge in [0.15, 0.2) is 0 Å². The molecule has 0 aliphatic heterocycles. The number of carboxylic acids is 1. The molecule has 0 saturated carbocycles. The van der Waals surface area contributed by atoms with Gasteiger partial charge in [-0.15, -0.1) is 0 Å². The maximum Gasteiger partial charge on any atom is 0.321 e. The van der Waals surface area contributed by atoms with Gasteiger partial charge >= 0.3 is 12.0 Å². The molecule has 0 atom stereocenters. The second kappa shape index (κ2) is 10.1. The Balaban J connectivity index is 4.12. The van der Waals surface area contributed by atoms with E-state index in [1.165, 1.54) is 0 Å². The molecule has 0 aromatic heterocycles. The number of urea groups is 1. The summed E-state index contributed by atoms with van der Waals surface area (Å²) >= 11 is 0. The van der Waals surface area contributed by atoms with E-state index >= 15 is 0 Å². The van der Waals surface area contributed by atoms with Gasteiger partial charge in [0.05, 0.1) is 13.0 Å². The van der Waals surface area contributed by atoms with Crippen LogP contribution in [-0.4, -0.2) is 53.6 Å². The van der Waals surface area contributed by atoms with Gasteiger partial charge in [-0.3, -0.25) is 19.8 Å². The third-order valence-electron chi connectivity index (χ3n) is 2.95. The van der Waals surface area contributed by atoms with Crippen LogP contribution in [-0.2, 0) is 9.59 Å². The molecule has 0 heterocycles. The van der Waals surface area contributed by atoms with Crippen LogP contribution in [0, 0.1) is 5.92 Å². The van der Waals surface area contributed by atoms with E-state index < -0.39 is 17.9 Å². The predicted octanol–water partition coefficient (Wildman–Crippen LogP) is 1.04. The van der Waals surface area contributed by atoms with Gasteiger partial charge in [-0.2, -0.15) is 0 Å². The number of carboxylic acid groups (broad SMARTS) is 1. The fourth-order valence-electron chi connectivity index (χ4n) is 1.63. The van der Waals surface area contributed by atoms with Crippen molar-refractivity contribution >= 4 is 17.9 Å². The second-order valence-corrected chi connectivity index (χ2v) is 5.69. The number of nitrogens with one attached hydrogen (secondary N) is 2. The molecule has 7 nitrogen and oxygen atoms in total. The van der Waals surface area contributed by atoms with Crippen LogP contribution in [0.25, 0.3) is 0 Å². The molecule has 0 saturated heterocycles. The zero-order valence-corrected chi connectivity index (χ0v) is 13.3. The lowest BCUT2D eigenvalue weighted by molar-refractivity contribution is -0.138. The zero-order chi connectivity index (χ0) is 16.4. The summed E-state index contributed by atoms with van der Waals surface area (Å²) in [6.45, 7) is 8.64. The van der Waals surface area contributed by atoms with Crippen molar-refractivity contribution in [1.82, 2.24) is 15.5 Å². The van der Waals surface area contributed by atoms with Gasteiger partial charge in [-0.1, -0.05) is 13.8 Å². The SMILES string of the molecule is CC(C)CCNC(=O)NC(=O)CN(CCC(=O)O)C(C)C. The number of imide groups is 1. The van der Waals surface area contributed by atoms with Gasteiger partial charge in [0, 0.05) is 19.1 Å². The average Bonchev–Trinajstić information content (AvgIpc) is 2.33. The predicted molar refractivity (Wildman–Crippen MR) is 80.0 cm³/mol. The van der Waals surface area contributed by atoms with E-state index in [0.717, 1.165) is 6.42 Å². The molecule has 3 N–H and O–H groups in total. The highest BCUT2D eigenvalue weighted by atomic mass is 16.4. The maximum absolute atomic E-state index is 11.7. The Morgan fingerprint density at radius 1 is 1.14 bits per heavy atom. The maximum atomic E-state index is 11.7. The molecule has 0 aromatic carbocycles. The number of rotatable bonds is 9. The third-order valence-corrected chi connectivity index (χ3v) is 2.95. The minimum atomic E-state index is -0.910. The van der Waals surface area contributed by atoms with Gasteiger partial charge in [-0.25, -0.2) is 4.79 Å². The fourth-order valence-corrected chi connectivity index (χ4v) is 1.63. The first-order valence-electron chi connectivity index (χ1n) is 7.25. The molecule has 21 heavy (non-hydrogen) atoms. The van der Waals surface area contributed by atoms with E-state index in [1.54, 1.807) is 4.90 Å². The number of hydrogen-bond acceptors (Lipinski definition) is 4. The average molecular weight is 301 g/mol. The van der Waals surface area contributed by atoms with Crippen LogP contribution in [0.5, 0.6) is 0 Å². The molecule has 0 bridgehead atoms. The van der Waals surface area contributed by atoms with Crippen molar-refractivity contribution in [3.63, 3.8) is 0 Å². The fraction of sp³-hybridized carbons (Fsp3) is 0.786. The Bertz CT molecular complexity index is 356. The van der Waals surface area contributed by atoms with Crippen LogP contribution in [0.3, 0.4) is 0 Å². The highest BCUT2D eigenvalue weighted by molar-refractivity contribution is 5.95. The number of carbonyl (C=O) groups is 3. The van der Waals surface area contributed by atoms with Crippen LogP contribution >= 0.6 is 0 Å². The largest absolute Gasteiger partial charge is 0.481 e. The summed E-state index contributed by atoms with van der Waals surface area (Å²) in [5, 5.41) is 13.5. The molecule has 0 radical (unpaired) electrons. The Labute approximate surface area is 126 Å². The third kappa shape index (κ3) is 10.8. The quantitative estimate of drug-likeness (QED) is 0.591. The van der Waals surface area contributed by atoms with E-state index in [0.29, 0.717) is 12.5 Å². The smallest absolute Gasteiger partial charge is 0.321 e. The van der Waals surface area contributed by atoms with Crippen molar-refractivity contribution in [3.05, 3.63) is 0 Å². The van der Waals surface area contributed by atoms with Gasteiger partial charge in [-0.05, 0) is 26.2 Å². The van der Waals surface area contributed by atoms with Crippen molar-refractivity contribution in [2.24, 2.45) is 5.92 Å². The van der Waals surface area contributed by atoms with Gasteiger partial charge in [0.2, 0.25) is 5.91 Å². The van der Waals surface area contributed by atoms with E-state index in [-0.39, 0.29) is 25.6 Å². The first kappa shape index (κ1) is 19.4. The molecule has 0 fully saturated rings. The van der Waals surface area contributed by atoms with E-state index in [1.807, 2.05) is 27.7 Å². The topological polar surface area (TPSA) is 98.7 Å². The van der Waals surface area contributed by atoms with E-state index in [9.17, 15) is 14.4 Å². The van der Waals surface area contributed by atoms with E-state index in [2.05, 4.69) is 10.6 Å². The lowest BCUT2D eigenvalue weighted by atomic mass is 10.1. The normalized spacial score (nSPS) is 11.0. The number of aliphatic carboxylic acids is 1. The number of amides is 3. The Kier molecular flexibility index (Phi) is 9.36. The Morgan fingerprint density at radius 2 is 1.76 bits per heavy atom. The highest BCUT2D eigenvalue weighted by Gasteiger charge is 2.16. The molecule has 0 rings (SSSR count). The summed E-state index contributed by atoms with van der Waals surface area (Å²) in [6.07, 6.45) is 0.810. The first-order valence-corrected chi connectivity index (χ1v) is 7.25. The summed E-state index contributed by atoms with van der Waals surface area (Å²) in [4.78, 5) is 35.5. The number of nitrogens with zero attached hydrogens (tertiary/aromatic N) is 1.